The number of hydrogen-bond donors (Lipinski definition) is 1. The summed E-state index contributed by atoms with van der Waals surface area (Å²) in [4.78, 5) is 12.5. The molecule has 0 amide bonds. The van der Waals surface area contributed by atoms with Crippen LogP contribution in [-0.2, 0) is 0 Å². The van der Waals surface area contributed by atoms with E-state index in [1.54, 1.807) is 32.5 Å². The van der Waals surface area contributed by atoms with E-state index in [0.29, 0.717) is 23.2 Å². The molecule has 116 valence electrons. The molecule has 0 unspecified atom stereocenters. The van der Waals surface area contributed by atoms with Crippen LogP contribution in [0.2, 0.25) is 0 Å². The van der Waals surface area contributed by atoms with Gasteiger partial charge in [-0.05, 0) is 12.5 Å². The second-order valence-corrected chi connectivity index (χ2v) is 4.86. The Kier molecular flexibility index (Phi) is 4.05. The molecule has 1 aromatic carbocycles. The zero-order valence-corrected chi connectivity index (χ0v) is 12.9. The van der Waals surface area contributed by atoms with Gasteiger partial charge in [0.2, 0.25) is 5.88 Å². The topological polar surface area (TPSA) is 83.2 Å². The first kappa shape index (κ1) is 14.8. The maximum Gasteiger partial charge on any atom is 0.216 e. The van der Waals surface area contributed by atoms with Gasteiger partial charge in [-0.25, -0.2) is 15.0 Å². The van der Waals surface area contributed by atoms with Crippen LogP contribution in [0, 0.1) is 6.92 Å². The average molecular weight is 308 g/mol. The Hall–Kier alpha value is -3.15. The molecule has 0 radical (unpaired) electrons. The van der Waals surface area contributed by atoms with Crippen LogP contribution in [0.25, 0.3) is 11.1 Å². The molecule has 2 N–H and O–H groups in total. The van der Waals surface area contributed by atoms with Crippen molar-refractivity contribution in [3.63, 3.8) is 0 Å². The third-order valence-electron chi connectivity index (χ3n) is 3.26. The molecule has 2 heterocycles. The SMILES string of the molecule is COc1cc(Oc2cnc(C)nc2N)c(-c2ccccc2)cn1. The summed E-state index contributed by atoms with van der Waals surface area (Å²) in [5.41, 5.74) is 7.71. The van der Waals surface area contributed by atoms with E-state index in [1.807, 2.05) is 30.3 Å². The molecule has 3 rings (SSSR count). The number of aromatic nitrogens is 3. The second kappa shape index (κ2) is 6.31. The molecule has 0 aliphatic carbocycles. The minimum atomic E-state index is 0.285. The highest BCUT2D eigenvalue weighted by Gasteiger charge is 2.12. The van der Waals surface area contributed by atoms with Gasteiger partial charge in [-0.1, -0.05) is 30.3 Å². The van der Waals surface area contributed by atoms with Crippen LogP contribution in [0.3, 0.4) is 0 Å². The van der Waals surface area contributed by atoms with Crippen molar-refractivity contribution in [3.05, 3.63) is 54.6 Å². The fourth-order valence-electron chi connectivity index (χ4n) is 2.12. The van der Waals surface area contributed by atoms with E-state index < -0.39 is 0 Å². The number of nitrogen functional groups attached to an aromatic ring is 1. The molecule has 6 heteroatoms. The monoisotopic (exact) mass is 308 g/mol. The second-order valence-electron chi connectivity index (χ2n) is 4.86. The lowest BCUT2D eigenvalue weighted by molar-refractivity contribution is 0.392. The molecule has 0 aliphatic heterocycles. The number of ether oxygens (including phenoxy) is 2. The van der Waals surface area contributed by atoms with Crippen molar-refractivity contribution >= 4 is 5.82 Å². The van der Waals surface area contributed by atoms with Gasteiger partial charge in [0.15, 0.2) is 11.6 Å². The first-order valence-electron chi connectivity index (χ1n) is 7.04. The minimum Gasteiger partial charge on any atom is -0.481 e. The van der Waals surface area contributed by atoms with Crippen molar-refractivity contribution in [2.75, 3.05) is 12.8 Å². The summed E-state index contributed by atoms with van der Waals surface area (Å²) in [6.07, 6.45) is 3.26. The average Bonchev–Trinajstić information content (AvgIpc) is 2.58. The molecular weight excluding hydrogens is 292 g/mol. The molecule has 23 heavy (non-hydrogen) atoms. The molecule has 0 saturated carbocycles. The smallest absolute Gasteiger partial charge is 0.216 e. The van der Waals surface area contributed by atoms with Crippen molar-refractivity contribution in [1.29, 1.82) is 0 Å². The van der Waals surface area contributed by atoms with Crippen molar-refractivity contribution in [2.24, 2.45) is 0 Å². The Morgan fingerprint density at radius 2 is 1.78 bits per heavy atom. The number of pyridine rings is 1. The van der Waals surface area contributed by atoms with Gasteiger partial charge in [0.1, 0.15) is 11.6 Å². The Morgan fingerprint density at radius 1 is 1.00 bits per heavy atom. The van der Waals surface area contributed by atoms with Crippen LogP contribution < -0.4 is 15.2 Å². The maximum absolute atomic E-state index is 5.92. The number of nitrogens with two attached hydrogens (primary N) is 1. The highest BCUT2D eigenvalue weighted by molar-refractivity contribution is 5.71. The van der Waals surface area contributed by atoms with Crippen molar-refractivity contribution in [2.45, 2.75) is 6.92 Å². The summed E-state index contributed by atoms with van der Waals surface area (Å²) in [6, 6.07) is 11.5. The van der Waals surface area contributed by atoms with Crippen LogP contribution in [0.5, 0.6) is 17.4 Å². The van der Waals surface area contributed by atoms with Gasteiger partial charge in [0.25, 0.3) is 0 Å². The van der Waals surface area contributed by atoms with Gasteiger partial charge in [0, 0.05) is 17.8 Å². The van der Waals surface area contributed by atoms with Gasteiger partial charge < -0.3 is 15.2 Å². The van der Waals surface area contributed by atoms with Crippen LogP contribution in [0.4, 0.5) is 5.82 Å². The number of aryl methyl sites for hydroxylation is 1. The van der Waals surface area contributed by atoms with E-state index in [-0.39, 0.29) is 5.82 Å². The highest BCUT2D eigenvalue weighted by Crippen LogP contribution is 2.36. The number of rotatable bonds is 4. The Morgan fingerprint density at radius 3 is 2.48 bits per heavy atom. The molecule has 3 aromatic rings. The summed E-state index contributed by atoms with van der Waals surface area (Å²) in [6.45, 7) is 1.77. The number of methoxy groups -OCH3 is 1. The molecule has 0 aliphatic rings. The van der Waals surface area contributed by atoms with E-state index in [9.17, 15) is 0 Å². The van der Waals surface area contributed by atoms with E-state index in [1.165, 1.54) is 0 Å². The third kappa shape index (κ3) is 3.21. The highest BCUT2D eigenvalue weighted by atomic mass is 16.5. The summed E-state index contributed by atoms with van der Waals surface area (Å²) in [5.74, 6) is 2.28. The summed E-state index contributed by atoms with van der Waals surface area (Å²) in [5, 5.41) is 0. The van der Waals surface area contributed by atoms with Gasteiger partial charge in [-0.15, -0.1) is 0 Å². The van der Waals surface area contributed by atoms with Gasteiger partial charge in [-0.3, -0.25) is 0 Å². The van der Waals surface area contributed by atoms with Gasteiger partial charge >= 0.3 is 0 Å². The Balaban J connectivity index is 2.05. The predicted molar refractivity (Wildman–Crippen MR) is 87.5 cm³/mol. The lowest BCUT2D eigenvalue weighted by Gasteiger charge is -2.13. The summed E-state index contributed by atoms with van der Waals surface area (Å²) in [7, 11) is 1.55. The first-order valence-corrected chi connectivity index (χ1v) is 7.04. The van der Waals surface area contributed by atoms with Crippen molar-refractivity contribution in [1.82, 2.24) is 15.0 Å². The molecular formula is C17H16N4O2. The molecule has 2 aromatic heterocycles. The van der Waals surface area contributed by atoms with Crippen molar-refractivity contribution < 1.29 is 9.47 Å². The summed E-state index contributed by atoms with van der Waals surface area (Å²) >= 11 is 0. The molecule has 0 fully saturated rings. The predicted octanol–water partition coefficient (Wildman–Crippen LogP) is 3.23. The first-order chi connectivity index (χ1) is 11.2. The fourth-order valence-corrected chi connectivity index (χ4v) is 2.12. The molecule has 0 atom stereocenters. The Bertz CT molecular complexity index is 822. The normalized spacial score (nSPS) is 10.3. The van der Waals surface area contributed by atoms with Crippen LogP contribution in [0.1, 0.15) is 5.82 Å². The van der Waals surface area contributed by atoms with E-state index in [4.69, 9.17) is 15.2 Å². The molecule has 6 nitrogen and oxygen atoms in total. The van der Waals surface area contributed by atoms with E-state index in [0.717, 1.165) is 11.1 Å². The zero-order chi connectivity index (χ0) is 16.2. The standard InChI is InChI=1S/C17H16N4O2/c1-11-19-10-15(17(18)21-11)23-14-8-16(22-2)20-9-13(14)12-6-4-3-5-7-12/h3-10H,1-2H3,(H2,18,19,21). The lowest BCUT2D eigenvalue weighted by Crippen LogP contribution is -2.00. The number of hydrogen-bond acceptors (Lipinski definition) is 6. The third-order valence-corrected chi connectivity index (χ3v) is 3.26. The molecule has 0 saturated heterocycles. The largest absolute Gasteiger partial charge is 0.481 e. The van der Waals surface area contributed by atoms with E-state index >= 15 is 0 Å². The number of anilines is 1. The Labute approximate surface area is 134 Å². The maximum atomic E-state index is 5.92. The molecule has 0 spiro atoms. The van der Waals surface area contributed by atoms with Crippen LogP contribution in [0.15, 0.2) is 48.8 Å². The molecule has 0 bridgehead atoms. The minimum absolute atomic E-state index is 0.285. The number of benzene rings is 1. The van der Waals surface area contributed by atoms with Crippen molar-refractivity contribution in [3.8, 4) is 28.5 Å². The number of nitrogens with zero attached hydrogens (tertiary/aromatic N) is 3. The van der Waals surface area contributed by atoms with Gasteiger partial charge in [0.05, 0.1) is 13.3 Å². The van der Waals surface area contributed by atoms with Crippen LogP contribution in [-0.4, -0.2) is 22.1 Å². The quantitative estimate of drug-likeness (QED) is 0.796. The van der Waals surface area contributed by atoms with Crippen LogP contribution >= 0.6 is 0 Å². The zero-order valence-electron chi connectivity index (χ0n) is 12.9. The van der Waals surface area contributed by atoms with Gasteiger partial charge in [-0.2, -0.15) is 0 Å². The lowest BCUT2D eigenvalue weighted by atomic mass is 10.1. The van der Waals surface area contributed by atoms with E-state index in [2.05, 4.69) is 15.0 Å². The summed E-state index contributed by atoms with van der Waals surface area (Å²) < 4.78 is 11.1. The fraction of sp³-hybridized carbons (Fsp3) is 0.118.